The number of halogens is 1. The summed E-state index contributed by atoms with van der Waals surface area (Å²) in [5, 5.41) is 4.59. The average molecular weight is 375 g/mol. The molecule has 0 unspecified atom stereocenters. The van der Waals surface area contributed by atoms with Crippen LogP contribution in [0.15, 0.2) is 76.8 Å². The van der Waals surface area contributed by atoms with Gasteiger partial charge in [-0.15, -0.1) is 0 Å². The Kier molecular flexibility index (Phi) is 4.76. The number of nitrogens with one attached hydrogen (secondary N) is 1. The van der Waals surface area contributed by atoms with Gasteiger partial charge in [0.15, 0.2) is 17.3 Å². The van der Waals surface area contributed by atoms with Gasteiger partial charge >= 0.3 is 0 Å². The van der Waals surface area contributed by atoms with Gasteiger partial charge in [-0.05, 0) is 48.5 Å². The van der Waals surface area contributed by atoms with Gasteiger partial charge in [0.2, 0.25) is 0 Å². The fraction of sp³-hybridized carbons (Fsp3) is 0.0909. The van der Waals surface area contributed by atoms with E-state index in [1.165, 1.54) is 12.1 Å². The molecule has 140 valence electrons. The number of fused-ring (bicyclic) bond motifs is 1. The van der Waals surface area contributed by atoms with Crippen molar-refractivity contribution in [3.05, 3.63) is 89.2 Å². The second-order valence-corrected chi connectivity index (χ2v) is 6.13. The normalized spacial score (nSPS) is 12.8. The highest BCUT2D eigenvalue weighted by Crippen LogP contribution is 2.31. The summed E-state index contributed by atoms with van der Waals surface area (Å²) in [6.07, 6.45) is 0. The number of benzene rings is 3. The third-order valence-electron chi connectivity index (χ3n) is 4.44. The second-order valence-electron chi connectivity index (χ2n) is 6.13. The van der Waals surface area contributed by atoms with Crippen LogP contribution in [0.25, 0.3) is 0 Å². The molecule has 0 amide bonds. The Bertz CT molecular complexity index is 1080. The van der Waals surface area contributed by atoms with Crippen LogP contribution >= 0.6 is 0 Å². The number of amidine groups is 1. The zero-order chi connectivity index (χ0) is 19.5. The van der Waals surface area contributed by atoms with E-state index in [0.717, 1.165) is 28.1 Å². The van der Waals surface area contributed by atoms with Crippen LogP contribution in [0, 0.1) is 5.82 Å². The zero-order valence-electron chi connectivity index (χ0n) is 15.4. The number of nitrogens with zero attached hydrogens (tertiary/aromatic N) is 2. The van der Waals surface area contributed by atoms with Gasteiger partial charge in [-0.25, -0.2) is 9.38 Å². The van der Waals surface area contributed by atoms with Crippen LogP contribution in [0.4, 0.5) is 10.1 Å². The molecule has 1 aliphatic heterocycles. The smallest absolute Gasteiger partial charge is 0.161 e. The van der Waals surface area contributed by atoms with Gasteiger partial charge in [0.05, 0.1) is 19.9 Å². The van der Waals surface area contributed by atoms with Gasteiger partial charge in [-0.3, -0.25) is 5.43 Å². The summed E-state index contributed by atoms with van der Waals surface area (Å²) >= 11 is 0. The lowest BCUT2D eigenvalue weighted by Crippen LogP contribution is -2.19. The van der Waals surface area contributed by atoms with E-state index in [-0.39, 0.29) is 5.82 Å². The van der Waals surface area contributed by atoms with Crippen molar-refractivity contribution in [3.8, 4) is 11.5 Å². The summed E-state index contributed by atoms with van der Waals surface area (Å²) in [6.45, 7) is 0. The minimum Gasteiger partial charge on any atom is -0.493 e. The van der Waals surface area contributed by atoms with Crippen molar-refractivity contribution in [2.45, 2.75) is 0 Å². The molecular formula is C22H18FN3O2. The fourth-order valence-corrected chi connectivity index (χ4v) is 3.03. The highest BCUT2D eigenvalue weighted by molar-refractivity contribution is 6.18. The highest BCUT2D eigenvalue weighted by atomic mass is 19.1. The molecule has 0 aromatic heterocycles. The number of methoxy groups -OCH3 is 2. The molecule has 6 heteroatoms. The maximum absolute atomic E-state index is 13.3. The molecule has 4 rings (SSSR count). The van der Waals surface area contributed by atoms with Gasteiger partial charge < -0.3 is 9.47 Å². The molecule has 0 aliphatic carbocycles. The summed E-state index contributed by atoms with van der Waals surface area (Å²) in [5.41, 5.74) is 6.98. The first kappa shape index (κ1) is 17.7. The van der Waals surface area contributed by atoms with Gasteiger partial charge in [0.1, 0.15) is 11.5 Å². The Morgan fingerprint density at radius 2 is 1.54 bits per heavy atom. The van der Waals surface area contributed by atoms with Crippen LogP contribution in [-0.2, 0) is 0 Å². The molecule has 3 aromatic rings. The highest BCUT2D eigenvalue weighted by Gasteiger charge is 2.18. The Morgan fingerprint density at radius 1 is 0.821 bits per heavy atom. The third kappa shape index (κ3) is 3.32. The number of rotatable bonds is 4. The predicted molar refractivity (Wildman–Crippen MR) is 107 cm³/mol. The average Bonchev–Trinajstić information content (AvgIpc) is 2.93. The van der Waals surface area contributed by atoms with Gasteiger partial charge in [0.25, 0.3) is 0 Å². The van der Waals surface area contributed by atoms with Crippen molar-refractivity contribution in [1.82, 2.24) is 5.43 Å². The molecule has 1 N–H and O–H groups in total. The van der Waals surface area contributed by atoms with Gasteiger partial charge in [0, 0.05) is 16.7 Å². The minimum absolute atomic E-state index is 0.298. The minimum atomic E-state index is -0.298. The van der Waals surface area contributed by atoms with E-state index in [2.05, 4.69) is 10.5 Å². The lowest BCUT2D eigenvalue weighted by atomic mass is 10.0. The Morgan fingerprint density at radius 3 is 2.29 bits per heavy atom. The Labute approximate surface area is 162 Å². The summed E-state index contributed by atoms with van der Waals surface area (Å²) in [6, 6.07) is 19.5. The molecule has 1 heterocycles. The molecule has 0 saturated carbocycles. The van der Waals surface area contributed by atoms with Crippen LogP contribution in [-0.4, -0.2) is 25.8 Å². The molecule has 1 aliphatic rings. The second kappa shape index (κ2) is 7.52. The summed E-state index contributed by atoms with van der Waals surface area (Å²) < 4.78 is 24.0. The van der Waals surface area contributed by atoms with Crippen molar-refractivity contribution >= 4 is 17.2 Å². The number of hydrogen-bond acceptors (Lipinski definition) is 5. The third-order valence-corrected chi connectivity index (χ3v) is 4.44. The number of ether oxygens (including phenoxy) is 2. The van der Waals surface area contributed by atoms with Crippen LogP contribution in [0.2, 0.25) is 0 Å². The standard InChI is InChI=1S/C22H18FN3O2/c1-27-19-12-9-15(13-20(19)28-2)21-17-5-3-4-6-18(17)24-22(26-25-21)14-7-10-16(23)11-8-14/h3-13H,1-2H3,(H,24,26). The van der Waals surface area contributed by atoms with E-state index in [1.54, 1.807) is 26.4 Å². The van der Waals surface area contributed by atoms with E-state index in [1.807, 2.05) is 42.5 Å². The Hall–Kier alpha value is -3.67. The van der Waals surface area contributed by atoms with Crippen molar-refractivity contribution in [2.24, 2.45) is 10.1 Å². The van der Waals surface area contributed by atoms with Gasteiger partial charge in [-0.1, -0.05) is 18.2 Å². The van der Waals surface area contributed by atoms with Crippen LogP contribution in [0.1, 0.15) is 16.7 Å². The summed E-state index contributed by atoms with van der Waals surface area (Å²) in [7, 11) is 3.19. The molecule has 0 saturated heterocycles. The lowest BCUT2D eigenvalue weighted by molar-refractivity contribution is 0.355. The molecule has 0 bridgehead atoms. The molecule has 3 aromatic carbocycles. The monoisotopic (exact) mass is 375 g/mol. The van der Waals surface area contributed by atoms with E-state index >= 15 is 0 Å². The lowest BCUT2D eigenvalue weighted by Gasteiger charge is -2.11. The van der Waals surface area contributed by atoms with Crippen molar-refractivity contribution in [1.29, 1.82) is 0 Å². The van der Waals surface area contributed by atoms with E-state index in [0.29, 0.717) is 17.3 Å². The fourth-order valence-electron chi connectivity index (χ4n) is 3.03. The van der Waals surface area contributed by atoms with Gasteiger partial charge in [-0.2, -0.15) is 5.10 Å². The van der Waals surface area contributed by atoms with Crippen molar-refractivity contribution in [2.75, 3.05) is 14.2 Å². The largest absolute Gasteiger partial charge is 0.493 e. The van der Waals surface area contributed by atoms with Crippen LogP contribution in [0.5, 0.6) is 11.5 Å². The first-order valence-electron chi connectivity index (χ1n) is 8.69. The predicted octanol–water partition coefficient (Wildman–Crippen LogP) is 4.28. The number of aliphatic imine (C=N–C) groups is 1. The topological polar surface area (TPSA) is 55.2 Å². The number of hydrogen-bond donors (Lipinski definition) is 1. The molecule has 0 spiro atoms. The molecule has 5 nitrogen and oxygen atoms in total. The zero-order valence-corrected chi connectivity index (χ0v) is 15.4. The molecule has 0 fully saturated rings. The molecule has 0 atom stereocenters. The Balaban J connectivity index is 1.82. The maximum Gasteiger partial charge on any atom is 0.161 e. The maximum atomic E-state index is 13.3. The number of para-hydroxylation sites is 1. The van der Waals surface area contributed by atoms with Crippen LogP contribution in [0.3, 0.4) is 0 Å². The van der Waals surface area contributed by atoms with E-state index in [9.17, 15) is 4.39 Å². The first-order chi connectivity index (χ1) is 13.7. The molecular weight excluding hydrogens is 357 g/mol. The SMILES string of the molecule is COc1ccc(C2=NNC(c3ccc(F)cc3)=Nc3ccccc32)cc1OC. The molecule has 28 heavy (non-hydrogen) atoms. The summed E-state index contributed by atoms with van der Waals surface area (Å²) in [4.78, 5) is 4.70. The van der Waals surface area contributed by atoms with Crippen molar-refractivity contribution < 1.29 is 13.9 Å². The van der Waals surface area contributed by atoms with Crippen LogP contribution < -0.4 is 14.9 Å². The summed E-state index contributed by atoms with van der Waals surface area (Å²) in [5.74, 6) is 1.50. The molecule has 0 radical (unpaired) electrons. The van der Waals surface area contributed by atoms with E-state index < -0.39 is 0 Å². The first-order valence-corrected chi connectivity index (χ1v) is 8.69. The van der Waals surface area contributed by atoms with Crippen molar-refractivity contribution in [3.63, 3.8) is 0 Å². The number of hydrazone groups is 1. The van der Waals surface area contributed by atoms with E-state index in [4.69, 9.17) is 14.5 Å². The quantitative estimate of drug-likeness (QED) is 0.741.